The Balaban J connectivity index is 2.43. The smallest absolute Gasteiger partial charge is 0.0663 e. The van der Waals surface area contributed by atoms with Crippen LogP contribution in [0.5, 0.6) is 0 Å². The summed E-state index contributed by atoms with van der Waals surface area (Å²) in [6.45, 7) is 4.28. The Morgan fingerprint density at radius 3 is 2.27 bits per heavy atom. The molecule has 1 heterocycles. The van der Waals surface area contributed by atoms with Crippen molar-refractivity contribution in [2.75, 3.05) is 0 Å². The summed E-state index contributed by atoms with van der Waals surface area (Å²) < 4.78 is 0. The highest BCUT2D eigenvalue weighted by molar-refractivity contribution is 5.33. The number of nitrogens with zero attached hydrogens (tertiary/aromatic N) is 2. The number of fused-ring (bicyclic) bond motifs is 1. The van der Waals surface area contributed by atoms with Gasteiger partial charge in [0.2, 0.25) is 0 Å². The molecule has 0 aliphatic heterocycles. The van der Waals surface area contributed by atoms with Crippen molar-refractivity contribution < 1.29 is 0 Å². The van der Waals surface area contributed by atoms with E-state index in [4.69, 9.17) is 0 Å². The van der Waals surface area contributed by atoms with Gasteiger partial charge in [-0.25, -0.2) is 0 Å². The summed E-state index contributed by atoms with van der Waals surface area (Å²) in [5.41, 5.74) is 5.41. The van der Waals surface area contributed by atoms with Crippen LogP contribution in [-0.2, 0) is 19.3 Å². The summed E-state index contributed by atoms with van der Waals surface area (Å²) in [4.78, 5) is 0. The molecule has 0 unspecified atom stereocenters. The van der Waals surface area contributed by atoms with E-state index in [9.17, 15) is 0 Å². The third kappa shape index (κ3) is 2.19. The Labute approximate surface area is 92.1 Å². The molecular weight excluding hydrogens is 184 g/mol. The average molecular weight is 204 g/mol. The van der Waals surface area contributed by atoms with Crippen LogP contribution in [0.3, 0.4) is 0 Å². The van der Waals surface area contributed by atoms with E-state index >= 15 is 0 Å². The number of hydrogen-bond donors (Lipinski definition) is 0. The zero-order valence-corrected chi connectivity index (χ0v) is 9.84. The fourth-order valence-electron chi connectivity index (χ4n) is 2.52. The van der Waals surface area contributed by atoms with E-state index in [-0.39, 0.29) is 0 Å². The second-order valence-corrected chi connectivity index (χ2v) is 4.46. The van der Waals surface area contributed by atoms with Crippen LogP contribution in [0.4, 0.5) is 0 Å². The molecule has 1 aliphatic rings. The molecule has 1 aliphatic carbocycles. The minimum Gasteiger partial charge on any atom is -0.155 e. The zero-order valence-electron chi connectivity index (χ0n) is 9.84. The van der Waals surface area contributed by atoms with Gasteiger partial charge in [-0.2, -0.15) is 10.2 Å². The average Bonchev–Trinajstić information content (AvgIpc) is 2.20. The molecule has 0 spiro atoms. The van der Waals surface area contributed by atoms with E-state index in [1.807, 2.05) is 0 Å². The van der Waals surface area contributed by atoms with Crippen molar-refractivity contribution in [3.05, 3.63) is 22.5 Å². The lowest BCUT2D eigenvalue weighted by Crippen LogP contribution is -2.10. The summed E-state index contributed by atoms with van der Waals surface area (Å²) in [7, 11) is 0. The van der Waals surface area contributed by atoms with Crippen LogP contribution in [0.2, 0.25) is 0 Å². The van der Waals surface area contributed by atoms with E-state index in [0.29, 0.717) is 0 Å². The third-order valence-corrected chi connectivity index (χ3v) is 3.41. The molecule has 15 heavy (non-hydrogen) atoms. The molecule has 82 valence electrons. The molecule has 0 saturated heterocycles. The molecule has 2 nitrogen and oxygen atoms in total. The minimum absolute atomic E-state index is 1.02. The second kappa shape index (κ2) is 4.73. The van der Waals surface area contributed by atoms with Crippen molar-refractivity contribution in [1.82, 2.24) is 10.2 Å². The van der Waals surface area contributed by atoms with Gasteiger partial charge in [0.1, 0.15) is 0 Å². The molecule has 0 saturated carbocycles. The Kier molecular flexibility index (Phi) is 3.34. The first-order valence-corrected chi connectivity index (χ1v) is 6.16. The molecule has 1 aromatic rings. The fraction of sp³-hybridized carbons (Fsp3) is 0.692. The summed E-state index contributed by atoms with van der Waals surface area (Å²) in [5.74, 6) is 0. The first kappa shape index (κ1) is 10.6. The Hall–Kier alpha value is -0.920. The Morgan fingerprint density at radius 1 is 0.933 bits per heavy atom. The summed E-state index contributed by atoms with van der Waals surface area (Å²) in [5, 5.41) is 8.62. The van der Waals surface area contributed by atoms with Gasteiger partial charge in [0.25, 0.3) is 0 Å². The zero-order chi connectivity index (χ0) is 10.7. The Bertz CT molecular complexity index is 345. The normalized spacial score (nSPS) is 16.7. The third-order valence-electron chi connectivity index (χ3n) is 3.41. The molecule has 0 amide bonds. The monoisotopic (exact) mass is 204 g/mol. The molecule has 0 atom stereocenters. The molecule has 2 rings (SSSR count). The van der Waals surface area contributed by atoms with E-state index in [1.165, 1.54) is 55.3 Å². The lowest BCUT2D eigenvalue weighted by atomic mass is 9.91. The van der Waals surface area contributed by atoms with Crippen LogP contribution in [-0.4, -0.2) is 10.2 Å². The topological polar surface area (TPSA) is 25.8 Å². The Morgan fingerprint density at radius 2 is 1.60 bits per heavy atom. The van der Waals surface area contributed by atoms with Crippen molar-refractivity contribution in [1.29, 1.82) is 0 Å². The molecule has 1 aromatic heterocycles. The van der Waals surface area contributed by atoms with Gasteiger partial charge in [-0.15, -0.1) is 0 Å². The largest absolute Gasteiger partial charge is 0.155 e. The SMILES string of the molecule is CCc1nnc(C)c2c1CCCCCC2. The first-order valence-electron chi connectivity index (χ1n) is 6.16. The number of rotatable bonds is 1. The highest BCUT2D eigenvalue weighted by Crippen LogP contribution is 2.23. The van der Waals surface area contributed by atoms with Gasteiger partial charge in [0, 0.05) is 0 Å². The molecule has 0 fully saturated rings. The molecule has 0 N–H and O–H groups in total. The van der Waals surface area contributed by atoms with Gasteiger partial charge in [0.05, 0.1) is 11.4 Å². The minimum atomic E-state index is 1.02. The molecule has 0 radical (unpaired) electrons. The van der Waals surface area contributed by atoms with Gasteiger partial charge in [0.15, 0.2) is 0 Å². The predicted molar refractivity (Wildman–Crippen MR) is 62.0 cm³/mol. The van der Waals surface area contributed by atoms with Gasteiger partial charge < -0.3 is 0 Å². The van der Waals surface area contributed by atoms with Gasteiger partial charge in [-0.05, 0) is 50.2 Å². The van der Waals surface area contributed by atoms with E-state index < -0.39 is 0 Å². The van der Waals surface area contributed by atoms with E-state index in [2.05, 4.69) is 24.0 Å². The predicted octanol–water partition coefficient (Wildman–Crippen LogP) is 3.01. The lowest BCUT2D eigenvalue weighted by molar-refractivity contribution is 0.604. The van der Waals surface area contributed by atoms with Crippen LogP contribution in [0.15, 0.2) is 0 Å². The van der Waals surface area contributed by atoms with Crippen molar-refractivity contribution in [3.8, 4) is 0 Å². The van der Waals surface area contributed by atoms with Crippen LogP contribution in [0, 0.1) is 6.92 Å². The molecule has 2 heteroatoms. The standard InChI is InChI=1S/C13H20N2/c1-3-13-12-9-7-5-4-6-8-11(12)10(2)14-15-13/h3-9H2,1-2H3. The summed E-state index contributed by atoms with van der Waals surface area (Å²) >= 11 is 0. The summed E-state index contributed by atoms with van der Waals surface area (Å²) in [6.07, 6.45) is 8.86. The number of hydrogen-bond acceptors (Lipinski definition) is 2. The van der Waals surface area contributed by atoms with Crippen molar-refractivity contribution in [2.45, 2.75) is 58.8 Å². The van der Waals surface area contributed by atoms with Crippen LogP contribution in [0.25, 0.3) is 0 Å². The van der Waals surface area contributed by atoms with Gasteiger partial charge in [-0.3, -0.25) is 0 Å². The molecular formula is C13H20N2. The van der Waals surface area contributed by atoms with E-state index in [1.54, 1.807) is 0 Å². The molecule has 0 aromatic carbocycles. The quantitative estimate of drug-likeness (QED) is 0.702. The maximum absolute atomic E-state index is 4.33. The lowest BCUT2D eigenvalue weighted by Gasteiger charge is -2.17. The number of aromatic nitrogens is 2. The van der Waals surface area contributed by atoms with Crippen LogP contribution in [0.1, 0.15) is 55.1 Å². The van der Waals surface area contributed by atoms with Crippen LogP contribution >= 0.6 is 0 Å². The van der Waals surface area contributed by atoms with E-state index in [0.717, 1.165) is 12.1 Å². The fourth-order valence-corrected chi connectivity index (χ4v) is 2.52. The van der Waals surface area contributed by atoms with Crippen molar-refractivity contribution in [3.63, 3.8) is 0 Å². The van der Waals surface area contributed by atoms with Gasteiger partial charge >= 0.3 is 0 Å². The van der Waals surface area contributed by atoms with Crippen LogP contribution < -0.4 is 0 Å². The number of aryl methyl sites for hydroxylation is 2. The molecule has 0 bridgehead atoms. The van der Waals surface area contributed by atoms with Crippen molar-refractivity contribution >= 4 is 0 Å². The maximum atomic E-state index is 4.33. The highest BCUT2D eigenvalue weighted by atomic mass is 15.1. The highest BCUT2D eigenvalue weighted by Gasteiger charge is 2.14. The second-order valence-electron chi connectivity index (χ2n) is 4.46. The van der Waals surface area contributed by atoms with Gasteiger partial charge in [-0.1, -0.05) is 19.8 Å². The maximum Gasteiger partial charge on any atom is 0.0663 e. The van der Waals surface area contributed by atoms with Crippen molar-refractivity contribution in [2.24, 2.45) is 0 Å². The first-order chi connectivity index (χ1) is 7.33. The summed E-state index contributed by atoms with van der Waals surface area (Å²) in [6, 6.07) is 0.